The normalized spacial score (nSPS) is 18.0. The summed E-state index contributed by atoms with van der Waals surface area (Å²) < 4.78 is 5.49. The van der Waals surface area contributed by atoms with E-state index in [0.29, 0.717) is 19.6 Å². The molecule has 1 fully saturated rings. The van der Waals surface area contributed by atoms with Gasteiger partial charge in [-0.05, 0) is 37.7 Å². The van der Waals surface area contributed by atoms with Crippen molar-refractivity contribution in [3.63, 3.8) is 0 Å². The molecule has 1 aromatic rings. The molecule has 2 N–H and O–H groups in total. The average molecular weight is 376 g/mol. The lowest BCUT2D eigenvalue weighted by molar-refractivity contribution is -0.132. The minimum Gasteiger partial charge on any atom is -0.445 e. The van der Waals surface area contributed by atoms with Crippen LogP contribution in [-0.4, -0.2) is 53.5 Å². The number of amides is 2. The SMILES string of the molecule is CC(C)[C@H](N)C(=O)N1CCC(CN(C(=O)OCc2ccccc2)C(C)C)C1. The molecule has 0 aliphatic carbocycles. The van der Waals surface area contributed by atoms with E-state index in [-0.39, 0.29) is 36.5 Å². The Labute approximate surface area is 162 Å². The van der Waals surface area contributed by atoms with Crippen molar-refractivity contribution < 1.29 is 14.3 Å². The fourth-order valence-corrected chi connectivity index (χ4v) is 3.25. The number of benzene rings is 1. The highest BCUT2D eigenvalue weighted by Crippen LogP contribution is 2.21. The molecule has 6 nitrogen and oxygen atoms in total. The molecule has 27 heavy (non-hydrogen) atoms. The summed E-state index contributed by atoms with van der Waals surface area (Å²) >= 11 is 0. The topological polar surface area (TPSA) is 75.9 Å². The number of carbonyl (C=O) groups is 2. The molecule has 0 spiro atoms. The molecule has 1 unspecified atom stereocenters. The van der Waals surface area contributed by atoms with Crippen LogP contribution >= 0.6 is 0 Å². The van der Waals surface area contributed by atoms with Gasteiger partial charge < -0.3 is 20.3 Å². The maximum absolute atomic E-state index is 12.6. The molecule has 2 rings (SSSR count). The van der Waals surface area contributed by atoms with E-state index in [0.717, 1.165) is 12.0 Å². The summed E-state index contributed by atoms with van der Waals surface area (Å²) in [4.78, 5) is 28.6. The van der Waals surface area contributed by atoms with Crippen molar-refractivity contribution >= 4 is 12.0 Å². The number of nitrogens with zero attached hydrogens (tertiary/aromatic N) is 2. The van der Waals surface area contributed by atoms with E-state index in [2.05, 4.69) is 0 Å². The second-order valence-electron chi connectivity index (χ2n) is 8.00. The molecule has 6 heteroatoms. The molecule has 0 aromatic heterocycles. The van der Waals surface area contributed by atoms with Crippen molar-refractivity contribution in [1.29, 1.82) is 0 Å². The largest absolute Gasteiger partial charge is 0.445 e. The van der Waals surface area contributed by atoms with E-state index in [1.54, 1.807) is 4.90 Å². The maximum Gasteiger partial charge on any atom is 0.410 e. The first-order valence-corrected chi connectivity index (χ1v) is 9.81. The van der Waals surface area contributed by atoms with Gasteiger partial charge in [0.15, 0.2) is 0 Å². The van der Waals surface area contributed by atoms with Crippen LogP contribution in [0.15, 0.2) is 30.3 Å². The summed E-state index contributed by atoms with van der Waals surface area (Å²) in [6.07, 6.45) is 0.573. The van der Waals surface area contributed by atoms with E-state index < -0.39 is 6.04 Å². The van der Waals surface area contributed by atoms with Gasteiger partial charge in [0.1, 0.15) is 6.61 Å². The summed E-state index contributed by atoms with van der Waals surface area (Å²) in [5.74, 6) is 0.381. The predicted octanol–water partition coefficient (Wildman–Crippen LogP) is 2.87. The first-order chi connectivity index (χ1) is 12.8. The highest BCUT2D eigenvalue weighted by atomic mass is 16.6. The summed E-state index contributed by atoms with van der Waals surface area (Å²) in [6, 6.07) is 9.24. The third-order valence-electron chi connectivity index (χ3n) is 5.12. The van der Waals surface area contributed by atoms with Crippen molar-refractivity contribution in [2.75, 3.05) is 19.6 Å². The maximum atomic E-state index is 12.6. The van der Waals surface area contributed by atoms with E-state index >= 15 is 0 Å². The summed E-state index contributed by atoms with van der Waals surface area (Å²) in [6.45, 7) is 10.1. The van der Waals surface area contributed by atoms with E-state index in [1.807, 2.05) is 62.9 Å². The number of nitrogens with two attached hydrogens (primary N) is 1. The third-order valence-corrected chi connectivity index (χ3v) is 5.12. The van der Waals surface area contributed by atoms with E-state index in [1.165, 1.54) is 0 Å². The monoisotopic (exact) mass is 375 g/mol. The molecule has 0 bridgehead atoms. The minimum atomic E-state index is -0.458. The zero-order valence-electron chi connectivity index (χ0n) is 16.9. The minimum absolute atomic E-state index is 0.00949. The average Bonchev–Trinajstić information content (AvgIpc) is 3.12. The Morgan fingerprint density at radius 1 is 1.22 bits per heavy atom. The Morgan fingerprint density at radius 3 is 2.48 bits per heavy atom. The van der Waals surface area contributed by atoms with Crippen LogP contribution in [0.1, 0.15) is 39.7 Å². The zero-order chi connectivity index (χ0) is 20.0. The van der Waals surface area contributed by atoms with Gasteiger partial charge in [0.25, 0.3) is 0 Å². The van der Waals surface area contributed by atoms with Gasteiger partial charge >= 0.3 is 6.09 Å². The lowest BCUT2D eigenvalue weighted by Crippen LogP contribution is -2.46. The zero-order valence-corrected chi connectivity index (χ0v) is 16.9. The van der Waals surface area contributed by atoms with E-state index in [9.17, 15) is 9.59 Å². The van der Waals surface area contributed by atoms with Gasteiger partial charge in [-0.15, -0.1) is 0 Å². The molecule has 1 heterocycles. The Kier molecular flexibility index (Phi) is 7.66. The Balaban J connectivity index is 1.88. The van der Waals surface area contributed by atoms with Gasteiger partial charge in [0.05, 0.1) is 6.04 Å². The fraction of sp³-hybridized carbons (Fsp3) is 0.619. The van der Waals surface area contributed by atoms with Crippen LogP contribution in [0.5, 0.6) is 0 Å². The Morgan fingerprint density at radius 2 is 1.89 bits per heavy atom. The van der Waals surface area contributed by atoms with Crippen LogP contribution in [0.25, 0.3) is 0 Å². The molecule has 1 saturated heterocycles. The molecule has 1 aliphatic heterocycles. The van der Waals surface area contributed by atoms with Crippen LogP contribution in [0, 0.1) is 11.8 Å². The Bertz CT molecular complexity index is 618. The number of carbonyl (C=O) groups excluding carboxylic acids is 2. The molecule has 0 saturated carbocycles. The smallest absolute Gasteiger partial charge is 0.410 e. The van der Waals surface area contributed by atoms with Crippen molar-refractivity contribution in [2.24, 2.45) is 17.6 Å². The number of ether oxygens (including phenoxy) is 1. The summed E-state index contributed by atoms with van der Waals surface area (Å²) in [5.41, 5.74) is 6.97. The molecule has 1 aliphatic rings. The number of hydrogen-bond donors (Lipinski definition) is 1. The molecule has 1 aromatic carbocycles. The van der Waals surface area contributed by atoms with Crippen molar-refractivity contribution in [3.8, 4) is 0 Å². The summed E-state index contributed by atoms with van der Waals surface area (Å²) in [5, 5.41) is 0. The highest BCUT2D eigenvalue weighted by molar-refractivity contribution is 5.82. The van der Waals surface area contributed by atoms with Crippen LogP contribution in [0.4, 0.5) is 4.79 Å². The Hall–Kier alpha value is -2.08. The van der Waals surface area contributed by atoms with Crippen LogP contribution in [0.3, 0.4) is 0 Å². The standard InChI is InChI=1S/C21H33N3O3/c1-15(2)19(22)20(25)23-11-10-18(12-23)13-24(16(3)4)21(26)27-14-17-8-6-5-7-9-17/h5-9,15-16,18-19H,10-14,22H2,1-4H3/t18?,19-/m0/s1. The second kappa shape index (κ2) is 9.74. The lowest BCUT2D eigenvalue weighted by Gasteiger charge is -2.29. The molecule has 2 amide bonds. The van der Waals surface area contributed by atoms with Gasteiger partial charge in [-0.3, -0.25) is 4.79 Å². The van der Waals surface area contributed by atoms with Gasteiger partial charge in [0, 0.05) is 25.7 Å². The highest BCUT2D eigenvalue weighted by Gasteiger charge is 2.33. The van der Waals surface area contributed by atoms with Crippen LogP contribution in [-0.2, 0) is 16.1 Å². The van der Waals surface area contributed by atoms with Crippen molar-refractivity contribution in [1.82, 2.24) is 9.80 Å². The lowest BCUT2D eigenvalue weighted by atomic mass is 10.0. The van der Waals surface area contributed by atoms with Crippen LogP contribution in [0.2, 0.25) is 0 Å². The quantitative estimate of drug-likeness (QED) is 0.795. The van der Waals surface area contributed by atoms with Crippen molar-refractivity contribution in [2.45, 2.75) is 52.8 Å². The summed E-state index contributed by atoms with van der Waals surface area (Å²) in [7, 11) is 0. The van der Waals surface area contributed by atoms with Gasteiger partial charge in [-0.1, -0.05) is 44.2 Å². The number of hydrogen-bond acceptors (Lipinski definition) is 4. The van der Waals surface area contributed by atoms with Gasteiger partial charge in [0.2, 0.25) is 5.91 Å². The molecule has 0 radical (unpaired) electrons. The first kappa shape index (κ1) is 21.2. The number of likely N-dealkylation sites (tertiary alicyclic amines) is 1. The second-order valence-corrected chi connectivity index (χ2v) is 8.00. The molecule has 150 valence electrons. The molecule has 2 atom stereocenters. The predicted molar refractivity (Wildman–Crippen MR) is 106 cm³/mol. The molecular formula is C21H33N3O3. The number of rotatable bonds is 7. The fourth-order valence-electron chi connectivity index (χ4n) is 3.25. The van der Waals surface area contributed by atoms with Gasteiger partial charge in [-0.25, -0.2) is 4.79 Å². The third kappa shape index (κ3) is 5.96. The van der Waals surface area contributed by atoms with Crippen molar-refractivity contribution in [3.05, 3.63) is 35.9 Å². The van der Waals surface area contributed by atoms with E-state index in [4.69, 9.17) is 10.5 Å². The van der Waals surface area contributed by atoms with Crippen LogP contribution < -0.4 is 5.73 Å². The molecular weight excluding hydrogens is 342 g/mol. The first-order valence-electron chi connectivity index (χ1n) is 9.81. The van der Waals surface area contributed by atoms with Gasteiger partial charge in [-0.2, -0.15) is 0 Å².